The fourth-order valence-electron chi connectivity index (χ4n) is 2.93. The number of ether oxygens (including phenoxy) is 3. The van der Waals surface area contributed by atoms with E-state index in [1.807, 2.05) is 0 Å². The third-order valence-corrected chi connectivity index (χ3v) is 4.32. The van der Waals surface area contributed by atoms with Crippen LogP contribution < -0.4 is 0 Å². The minimum Gasteiger partial charge on any atom is -0.396 e. The van der Waals surface area contributed by atoms with E-state index < -0.39 is 0 Å². The Morgan fingerprint density at radius 2 is 0.926 bits per heavy atom. The molecular weight excluding hydrogens is 354 g/mol. The van der Waals surface area contributed by atoms with Gasteiger partial charge in [0.25, 0.3) is 0 Å². The molecule has 0 aliphatic carbocycles. The molecular formula is C18H33N3O6. The Morgan fingerprint density at radius 1 is 0.593 bits per heavy atom. The van der Waals surface area contributed by atoms with Crippen molar-refractivity contribution >= 4 is 0 Å². The van der Waals surface area contributed by atoms with Crippen molar-refractivity contribution < 1.29 is 29.5 Å². The van der Waals surface area contributed by atoms with Crippen molar-refractivity contribution in [2.24, 2.45) is 0 Å². The second-order valence-electron chi connectivity index (χ2n) is 6.40. The number of aliphatic hydroxyl groups excluding tert-OH is 3. The molecule has 0 spiro atoms. The molecule has 3 N–H and O–H groups in total. The maximum atomic E-state index is 9.39. The largest absolute Gasteiger partial charge is 0.396 e. The maximum absolute atomic E-state index is 9.39. The smallest absolute Gasteiger partial charge is 0.140 e. The van der Waals surface area contributed by atoms with Crippen LogP contribution in [0.2, 0.25) is 0 Å². The lowest BCUT2D eigenvalue weighted by atomic mass is 10.00. The zero-order valence-electron chi connectivity index (χ0n) is 16.5. The van der Waals surface area contributed by atoms with Gasteiger partial charge in [0.05, 0.1) is 25.7 Å². The Labute approximate surface area is 160 Å². The Bertz CT molecular complexity index is 418. The van der Waals surface area contributed by atoms with Crippen LogP contribution in [0.25, 0.3) is 0 Å². The Hall–Kier alpha value is -1.23. The van der Waals surface area contributed by atoms with Crippen LogP contribution in [0.5, 0.6) is 0 Å². The van der Waals surface area contributed by atoms with Gasteiger partial charge in [-0.1, -0.05) is 0 Å². The molecule has 1 atom stereocenters. The molecule has 1 aromatic rings. The summed E-state index contributed by atoms with van der Waals surface area (Å²) in [5.74, 6) is 1.04. The van der Waals surface area contributed by atoms with Gasteiger partial charge < -0.3 is 29.5 Å². The monoisotopic (exact) mass is 387 g/mol. The lowest BCUT2D eigenvalue weighted by molar-refractivity contribution is 0.113. The van der Waals surface area contributed by atoms with E-state index in [1.54, 1.807) is 21.3 Å². The van der Waals surface area contributed by atoms with Gasteiger partial charge in [-0.15, -0.1) is 0 Å². The first-order valence-corrected chi connectivity index (χ1v) is 9.20. The summed E-state index contributed by atoms with van der Waals surface area (Å²) in [4.78, 5) is 13.8. The maximum Gasteiger partial charge on any atom is 0.140 e. The summed E-state index contributed by atoms with van der Waals surface area (Å²) in [6.07, 6.45) is 1.34. The topological polar surface area (TPSA) is 127 Å². The lowest BCUT2D eigenvalue weighted by Gasteiger charge is -2.21. The van der Waals surface area contributed by atoms with Gasteiger partial charge in [-0.3, -0.25) is 0 Å². The first-order chi connectivity index (χ1) is 13.1. The summed E-state index contributed by atoms with van der Waals surface area (Å²) in [5, 5.41) is 28.1. The third-order valence-electron chi connectivity index (χ3n) is 4.32. The fourth-order valence-corrected chi connectivity index (χ4v) is 2.93. The van der Waals surface area contributed by atoms with Crippen molar-refractivity contribution in [1.82, 2.24) is 15.0 Å². The highest BCUT2D eigenvalue weighted by molar-refractivity contribution is 5.10. The Kier molecular flexibility index (Phi) is 12.2. The molecule has 0 aliphatic heterocycles. The van der Waals surface area contributed by atoms with E-state index in [0.717, 1.165) is 0 Å². The molecule has 0 bridgehead atoms. The van der Waals surface area contributed by atoms with Gasteiger partial charge in [0.1, 0.15) is 17.5 Å². The Morgan fingerprint density at radius 3 is 1.33 bits per heavy atom. The van der Waals surface area contributed by atoms with E-state index in [2.05, 4.69) is 15.0 Å². The highest BCUT2D eigenvalue weighted by atomic mass is 16.5. The van der Waals surface area contributed by atoms with Crippen molar-refractivity contribution in [2.45, 2.75) is 37.0 Å². The van der Waals surface area contributed by atoms with Gasteiger partial charge >= 0.3 is 0 Å². The zero-order chi connectivity index (χ0) is 20.1. The first-order valence-electron chi connectivity index (χ1n) is 9.20. The quantitative estimate of drug-likeness (QED) is 0.387. The van der Waals surface area contributed by atoms with Gasteiger partial charge in [-0.2, -0.15) is 0 Å². The minimum atomic E-state index is -0.191. The molecule has 9 heteroatoms. The van der Waals surface area contributed by atoms with Gasteiger partial charge in [-0.05, 0) is 19.3 Å². The first kappa shape index (κ1) is 23.8. The van der Waals surface area contributed by atoms with Crippen LogP contribution in [0.15, 0.2) is 0 Å². The highest BCUT2D eigenvalue weighted by Gasteiger charge is 2.24. The number of hydrogen-bond acceptors (Lipinski definition) is 9. The minimum absolute atomic E-state index is 0.0132. The van der Waals surface area contributed by atoms with Gasteiger partial charge in [0.15, 0.2) is 0 Å². The van der Waals surface area contributed by atoms with E-state index in [-0.39, 0.29) is 37.6 Å². The molecule has 27 heavy (non-hydrogen) atoms. The SMILES string of the molecule is COCC(CCO)c1nc(C(CCO)CCO)nc(C(COC)COC)n1. The van der Waals surface area contributed by atoms with Crippen molar-refractivity contribution in [3.8, 4) is 0 Å². The molecule has 0 fully saturated rings. The van der Waals surface area contributed by atoms with Crippen molar-refractivity contribution in [2.75, 3.05) is 61.0 Å². The number of hydrogen-bond donors (Lipinski definition) is 3. The number of rotatable bonds is 15. The molecule has 0 radical (unpaired) electrons. The standard InChI is InChI=1S/C18H33N3O6/c1-25-10-14(6-9-24)17-19-16(13(4-7-22)5-8-23)20-18(21-17)15(11-26-2)12-27-3/h13-15,22-24H,4-12H2,1-3H3. The van der Waals surface area contributed by atoms with E-state index in [1.165, 1.54) is 0 Å². The van der Waals surface area contributed by atoms with E-state index >= 15 is 0 Å². The average molecular weight is 387 g/mol. The molecule has 0 amide bonds. The molecule has 0 saturated heterocycles. The van der Waals surface area contributed by atoms with Crippen molar-refractivity contribution in [1.29, 1.82) is 0 Å². The van der Waals surface area contributed by atoms with Crippen LogP contribution in [0, 0.1) is 0 Å². The van der Waals surface area contributed by atoms with Crippen LogP contribution in [0.4, 0.5) is 0 Å². The highest BCUT2D eigenvalue weighted by Crippen LogP contribution is 2.25. The molecule has 1 heterocycles. The summed E-state index contributed by atoms with van der Waals surface area (Å²) in [6.45, 7) is 1.07. The second-order valence-corrected chi connectivity index (χ2v) is 6.40. The fraction of sp³-hybridized carbons (Fsp3) is 0.833. The Balaban J connectivity index is 3.38. The molecule has 0 aliphatic rings. The van der Waals surface area contributed by atoms with Gasteiger partial charge in [0, 0.05) is 53.0 Å². The number of aliphatic hydroxyl groups is 3. The number of methoxy groups -OCH3 is 3. The number of aromatic nitrogens is 3. The summed E-state index contributed by atoms with van der Waals surface area (Å²) in [7, 11) is 4.79. The van der Waals surface area contributed by atoms with Crippen molar-refractivity contribution in [3.05, 3.63) is 17.5 Å². The van der Waals surface area contributed by atoms with E-state index in [0.29, 0.717) is 56.6 Å². The normalized spacial score (nSPS) is 12.9. The van der Waals surface area contributed by atoms with E-state index in [4.69, 9.17) is 14.2 Å². The molecule has 0 saturated carbocycles. The predicted molar refractivity (Wildman–Crippen MR) is 98.8 cm³/mol. The molecule has 1 aromatic heterocycles. The lowest BCUT2D eigenvalue weighted by Crippen LogP contribution is -2.23. The summed E-state index contributed by atoms with van der Waals surface area (Å²) in [6, 6.07) is 0. The summed E-state index contributed by atoms with van der Waals surface area (Å²) in [5.41, 5.74) is 0. The van der Waals surface area contributed by atoms with Gasteiger partial charge in [-0.25, -0.2) is 15.0 Å². The summed E-state index contributed by atoms with van der Waals surface area (Å²) < 4.78 is 15.8. The molecule has 0 aromatic carbocycles. The van der Waals surface area contributed by atoms with E-state index in [9.17, 15) is 15.3 Å². The van der Waals surface area contributed by atoms with Crippen LogP contribution >= 0.6 is 0 Å². The molecule has 1 rings (SSSR count). The predicted octanol–water partition coefficient (Wildman–Crippen LogP) is 0.209. The van der Waals surface area contributed by atoms with Crippen LogP contribution in [0.1, 0.15) is 54.5 Å². The van der Waals surface area contributed by atoms with Crippen LogP contribution in [-0.2, 0) is 14.2 Å². The van der Waals surface area contributed by atoms with Crippen molar-refractivity contribution in [3.63, 3.8) is 0 Å². The molecule has 9 nitrogen and oxygen atoms in total. The summed E-state index contributed by atoms with van der Waals surface area (Å²) >= 11 is 0. The second kappa shape index (κ2) is 13.9. The van der Waals surface area contributed by atoms with Crippen LogP contribution in [0.3, 0.4) is 0 Å². The number of nitrogens with zero attached hydrogens (tertiary/aromatic N) is 3. The van der Waals surface area contributed by atoms with Gasteiger partial charge in [0.2, 0.25) is 0 Å². The average Bonchev–Trinajstić information content (AvgIpc) is 2.67. The molecule has 156 valence electrons. The van der Waals surface area contributed by atoms with Crippen LogP contribution in [-0.4, -0.2) is 91.2 Å². The third kappa shape index (κ3) is 7.73. The molecule has 1 unspecified atom stereocenters. The zero-order valence-corrected chi connectivity index (χ0v) is 16.5.